The lowest BCUT2D eigenvalue weighted by atomic mass is 10.0. The van der Waals surface area contributed by atoms with E-state index < -0.39 is 23.5 Å². The third-order valence-electron chi connectivity index (χ3n) is 4.24. The summed E-state index contributed by atoms with van der Waals surface area (Å²) in [6.07, 6.45) is -3.18. The number of benzene rings is 1. The number of rotatable bonds is 6. The first kappa shape index (κ1) is 20.4. The lowest BCUT2D eigenvalue weighted by Crippen LogP contribution is -2.17. The van der Waals surface area contributed by atoms with Gasteiger partial charge in [-0.15, -0.1) is 0 Å². The fraction of sp³-hybridized carbons (Fsp3) is 0.316. The number of halogens is 3. The third-order valence-corrected chi connectivity index (χ3v) is 4.24. The smallest absolute Gasteiger partial charge is 0.437 e. The summed E-state index contributed by atoms with van der Waals surface area (Å²) in [5.41, 5.74) is -0.367. The highest BCUT2D eigenvalue weighted by atomic mass is 19.4. The zero-order valence-electron chi connectivity index (χ0n) is 16.0. The van der Waals surface area contributed by atoms with Gasteiger partial charge in [-0.3, -0.25) is 9.89 Å². The molecule has 0 atom stereocenters. The summed E-state index contributed by atoms with van der Waals surface area (Å²) in [7, 11) is 0. The Labute approximate surface area is 164 Å². The number of anilines is 1. The summed E-state index contributed by atoms with van der Waals surface area (Å²) < 4.78 is 45.9. The maximum absolute atomic E-state index is 13.0. The number of carbonyl (C=O) groups excluding carboxylic acids is 1. The van der Waals surface area contributed by atoms with E-state index in [1.54, 1.807) is 0 Å². The number of H-pyrrole nitrogens is 1. The average Bonchev–Trinajstić information content (AvgIpc) is 3.27. The summed E-state index contributed by atoms with van der Waals surface area (Å²) in [5.74, 6) is 0.271. The Kier molecular flexibility index (Phi) is 5.62. The van der Waals surface area contributed by atoms with E-state index in [4.69, 9.17) is 4.74 Å². The second-order valence-corrected chi connectivity index (χ2v) is 6.76. The fourth-order valence-electron chi connectivity index (χ4n) is 2.61. The molecule has 0 spiro atoms. The van der Waals surface area contributed by atoms with Gasteiger partial charge in [-0.1, -0.05) is 26.0 Å². The van der Waals surface area contributed by atoms with Crippen LogP contribution in [0.25, 0.3) is 0 Å². The Hall–Kier alpha value is -3.30. The SMILES string of the molecule is Cc1[nH]nc(C(F)(F)F)c1NC(=O)c1ccn(COc2ccc(C(C)C)cc2)n1. The number of alkyl halides is 3. The molecule has 2 heterocycles. The van der Waals surface area contributed by atoms with Gasteiger partial charge in [0.2, 0.25) is 0 Å². The maximum Gasteiger partial charge on any atom is 0.437 e. The first-order chi connectivity index (χ1) is 13.6. The highest BCUT2D eigenvalue weighted by Crippen LogP contribution is 2.34. The highest BCUT2D eigenvalue weighted by Gasteiger charge is 2.38. The van der Waals surface area contributed by atoms with Crippen LogP contribution in [0.4, 0.5) is 18.9 Å². The topological polar surface area (TPSA) is 84.8 Å². The van der Waals surface area contributed by atoms with Gasteiger partial charge < -0.3 is 10.1 Å². The average molecular weight is 407 g/mol. The van der Waals surface area contributed by atoms with Gasteiger partial charge in [0.05, 0.1) is 11.4 Å². The van der Waals surface area contributed by atoms with Crippen LogP contribution in [0.15, 0.2) is 36.5 Å². The van der Waals surface area contributed by atoms with Crippen LogP contribution in [0.1, 0.15) is 47.2 Å². The lowest BCUT2D eigenvalue weighted by molar-refractivity contribution is -0.140. The molecule has 3 aromatic rings. The molecule has 0 bridgehead atoms. The molecule has 2 aromatic heterocycles. The van der Waals surface area contributed by atoms with Crippen molar-refractivity contribution in [3.8, 4) is 5.75 Å². The van der Waals surface area contributed by atoms with Gasteiger partial charge in [0.15, 0.2) is 18.1 Å². The van der Waals surface area contributed by atoms with Crippen LogP contribution in [0, 0.1) is 6.92 Å². The van der Waals surface area contributed by atoms with Crippen molar-refractivity contribution < 1.29 is 22.7 Å². The summed E-state index contributed by atoms with van der Waals surface area (Å²) in [5, 5.41) is 11.7. The number of hydrogen-bond donors (Lipinski definition) is 2. The van der Waals surface area contributed by atoms with E-state index >= 15 is 0 Å². The molecular formula is C19H20F3N5O2. The minimum atomic E-state index is -4.69. The van der Waals surface area contributed by atoms with Crippen LogP contribution in [-0.4, -0.2) is 25.9 Å². The second kappa shape index (κ2) is 7.98. The molecule has 1 amide bonds. The first-order valence-corrected chi connectivity index (χ1v) is 8.85. The van der Waals surface area contributed by atoms with Crippen molar-refractivity contribution in [3.05, 3.63) is 59.2 Å². The molecule has 29 heavy (non-hydrogen) atoms. The van der Waals surface area contributed by atoms with Crippen LogP contribution in [0.3, 0.4) is 0 Å². The zero-order valence-corrected chi connectivity index (χ0v) is 16.0. The number of aryl methyl sites for hydroxylation is 1. The number of nitrogens with one attached hydrogen (secondary N) is 2. The molecular weight excluding hydrogens is 387 g/mol. The number of ether oxygens (including phenoxy) is 1. The van der Waals surface area contributed by atoms with Crippen molar-refractivity contribution in [2.45, 2.75) is 39.6 Å². The highest BCUT2D eigenvalue weighted by molar-refractivity contribution is 6.03. The number of aromatic amines is 1. The van der Waals surface area contributed by atoms with Gasteiger partial charge in [0, 0.05) is 6.20 Å². The molecule has 0 saturated heterocycles. The van der Waals surface area contributed by atoms with Crippen molar-refractivity contribution in [2.75, 3.05) is 5.32 Å². The largest absolute Gasteiger partial charge is 0.471 e. The summed E-state index contributed by atoms with van der Waals surface area (Å²) >= 11 is 0. The van der Waals surface area contributed by atoms with E-state index in [9.17, 15) is 18.0 Å². The van der Waals surface area contributed by atoms with Crippen molar-refractivity contribution in [1.82, 2.24) is 20.0 Å². The molecule has 10 heteroatoms. The van der Waals surface area contributed by atoms with Gasteiger partial charge in [-0.05, 0) is 36.6 Å². The second-order valence-electron chi connectivity index (χ2n) is 6.76. The molecule has 0 fully saturated rings. The normalized spacial score (nSPS) is 11.7. The van der Waals surface area contributed by atoms with Crippen LogP contribution in [-0.2, 0) is 12.9 Å². The van der Waals surface area contributed by atoms with Crippen molar-refractivity contribution in [2.24, 2.45) is 0 Å². The third kappa shape index (κ3) is 4.76. The molecule has 154 valence electrons. The number of amides is 1. The first-order valence-electron chi connectivity index (χ1n) is 8.85. The number of hydrogen-bond acceptors (Lipinski definition) is 4. The molecule has 0 unspecified atom stereocenters. The van der Waals surface area contributed by atoms with E-state index in [0.717, 1.165) is 0 Å². The number of nitrogens with zero attached hydrogens (tertiary/aromatic N) is 3. The molecule has 2 N–H and O–H groups in total. The Balaban J connectivity index is 1.64. The Morgan fingerprint density at radius 2 is 1.93 bits per heavy atom. The quantitative estimate of drug-likeness (QED) is 0.636. The summed E-state index contributed by atoms with van der Waals surface area (Å²) in [6, 6.07) is 9.00. The van der Waals surface area contributed by atoms with Crippen molar-refractivity contribution in [3.63, 3.8) is 0 Å². The minimum Gasteiger partial charge on any atom is -0.471 e. The fourth-order valence-corrected chi connectivity index (χ4v) is 2.61. The predicted molar refractivity (Wildman–Crippen MR) is 99.7 cm³/mol. The molecule has 7 nitrogen and oxygen atoms in total. The number of aromatic nitrogens is 4. The van der Waals surface area contributed by atoms with E-state index in [0.29, 0.717) is 11.7 Å². The zero-order chi connectivity index (χ0) is 21.2. The molecule has 1 aromatic carbocycles. The monoisotopic (exact) mass is 407 g/mol. The van der Waals surface area contributed by atoms with Crippen LogP contribution in [0.5, 0.6) is 5.75 Å². The van der Waals surface area contributed by atoms with Gasteiger partial charge in [0.1, 0.15) is 5.75 Å². The molecule has 0 aliphatic heterocycles. The van der Waals surface area contributed by atoms with E-state index in [-0.39, 0.29) is 18.1 Å². The van der Waals surface area contributed by atoms with Gasteiger partial charge in [-0.2, -0.15) is 23.4 Å². The molecule has 0 aliphatic carbocycles. The molecule has 0 saturated carbocycles. The van der Waals surface area contributed by atoms with Gasteiger partial charge in [0.25, 0.3) is 5.91 Å². The summed E-state index contributed by atoms with van der Waals surface area (Å²) in [6.45, 7) is 5.62. The van der Waals surface area contributed by atoms with E-state index in [2.05, 4.69) is 34.5 Å². The van der Waals surface area contributed by atoms with E-state index in [1.807, 2.05) is 24.3 Å². The van der Waals surface area contributed by atoms with E-state index in [1.165, 1.54) is 29.4 Å². The Morgan fingerprint density at radius 3 is 2.55 bits per heavy atom. The maximum atomic E-state index is 13.0. The standard InChI is InChI=1S/C19H20F3N5O2/c1-11(2)13-4-6-14(7-5-13)29-10-27-9-8-15(26-27)18(28)23-16-12(3)24-25-17(16)19(20,21)22/h4-9,11H,10H2,1-3H3,(H,23,28)(H,24,25). The van der Waals surface area contributed by atoms with Crippen molar-refractivity contribution >= 4 is 11.6 Å². The predicted octanol–water partition coefficient (Wildman–Crippen LogP) is 4.35. The Morgan fingerprint density at radius 1 is 1.24 bits per heavy atom. The minimum absolute atomic E-state index is 0.0440. The lowest BCUT2D eigenvalue weighted by Gasteiger charge is -2.09. The van der Waals surface area contributed by atoms with Gasteiger partial charge >= 0.3 is 6.18 Å². The molecule has 3 rings (SSSR count). The van der Waals surface area contributed by atoms with Crippen LogP contribution < -0.4 is 10.1 Å². The molecule has 0 radical (unpaired) electrons. The Bertz CT molecular complexity index is 990. The summed E-state index contributed by atoms with van der Waals surface area (Å²) in [4.78, 5) is 12.3. The van der Waals surface area contributed by atoms with Crippen molar-refractivity contribution in [1.29, 1.82) is 0 Å². The number of carbonyl (C=O) groups is 1. The molecule has 0 aliphatic rings. The van der Waals surface area contributed by atoms with Gasteiger partial charge in [-0.25, -0.2) is 4.68 Å². The van der Waals surface area contributed by atoms with Crippen LogP contribution in [0.2, 0.25) is 0 Å². The van der Waals surface area contributed by atoms with Crippen LogP contribution >= 0.6 is 0 Å².